The first kappa shape index (κ1) is 11.4. The van der Waals surface area contributed by atoms with E-state index in [0.29, 0.717) is 0 Å². The summed E-state index contributed by atoms with van der Waals surface area (Å²) in [4.78, 5) is 8.51. The van der Waals surface area contributed by atoms with Gasteiger partial charge in [-0.1, -0.05) is 0 Å². The van der Waals surface area contributed by atoms with Crippen molar-refractivity contribution >= 4 is 5.82 Å². The molecule has 17 heavy (non-hydrogen) atoms. The number of aryl methyl sites for hydroxylation is 1. The van der Waals surface area contributed by atoms with Gasteiger partial charge in [-0.15, -0.1) is 0 Å². The van der Waals surface area contributed by atoms with Gasteiger partial charge in [0, 0.05) is 18.8 Å². The summed E-state index contributed by atoms with van der Waals surface area (Å²) < 4.78 is 7.27. The molecule has 0 fully saturated rings. The molecule has 0 saturated carbocycles. The number of rotatable bonds is 4. The summed E-state index contributed by atoms with van der Waals surface area (Å²) in [5.41, 5.74) is 1.84. The molecule has 0 atom stereocenters. The molecule has 90 valence electrons. The fourth-order valence-electron chi connectivity index (χ4n) is 1.62. The van der Waals surface area contributed by atoms with Crippen LogP contribution >= 0.6 is 0 Å². The number of ether oxygens (including phenoxy) is 1. The zero-order valence-electron chi connectivity index (χ0n) is 10.3. The van der Waals surface area contributed by atoms with Crippen LogP contribution in [0.25, 0.3) is 5.69 Å². The maximum absolute atomic E-state index is 5.37. The van der Waals surface area contributed by atoms with E-state index in [1.807, 2.05) is 30.7 Å². The normalized spacial score (nSPS) is 10.3. The third-order valence-electron chi connectivity index (χ3n) is 2.41. The van der Waals surface area contributed by atoms with Crippen molar-refractivity contribution in [2.24, 2.45) is 0 Å². The minimum absolute atomic E-state index is 0.772. The van der Waals surface area contributed by atoms with Crippen molar-refractivity contribution in [3.63, 3.8) is 0 Å². The Hall–Kier alpha value is -2.04. The molecule has 2 heterocycles. The molecule has 0 bridgehead atoms. The summed E-state index contributed by atoms with van der Waals surface area (Å²) in [7, 11) is 1.65. The zero-order chi connectivity index (χ0) is 12.3. The lowest BCUT2D eigenvalue weighted by molar-refractivity contribution is 0.412. The van der Waals surface area contributed by atoms with Crippen molar-refractivity contribution in [2.45, 2.75) is 13.8 Å². The van der Waals surface area contributed by atoms with Gasteiger partial charge in [-0.05, 0) is 13.8 Å². The van der Waals surface area contributed by atoms with Crippen molar-refractivity contribution in [3.05, 3.63) is 30.5 Å². The lowest BCUT2D eigenvalue weighted by atomic mass is 10.3. The van der Waals surface area contributed by atoms with E-state index in [-0.39, 0.29) is 0 Å². The van der Waals surface area contributed by atoms with Crippen LogP contribution in [0.15, 0.2) is 24.8 Å². The van der Waals surface area contributed by atoms with Crippen molar-refractivity contribution in [2.75, 3.05) is 19.0 Å². The lowest BCUT2D eigenvalue weighted by Gasteiger charge is -2.10. The van der Waals surface area contributed by atoms with E-state index in [0.717, 1.165) is 29.5 Å². The van der Waals surface area contributed by atoms with Crippen LogP contribution < -0.4 is 10.1 Å². The molecule has 1 N–H and O–H groups in total. The van der Waals surface area contributed by atoms with E-state index < -0.39 is 0 Å². The van der Waals surface area contributed by atoms with Crippen LogP contribution in [0.3, 0.4) is 0 Å². The number of pyridine rings is 1. The molecule has 0 radical (unpaired) electrons. The molecule has 0 aliphatic heterocycles. The van der Waals surface area contributed by atoms with Gasteiger partial charge in [0.1, 0.15) is 17.3 Å². The second-order valence-electron chi connectivity index (χ2n) is 3.69. The number of nitrogens with zero attached hydrogens (tertiary/aromatic N) is 3. The van der Waals surface area contributed by atoms with E-state index in [2.05, 4.69) is 15.3 Å². The minimum Gasteiger partial charge on any atom is -0.494 e. The molecule has 2 rings (SSSR count). The van der Waals surface area contributed by atoms with Gasteiger partial charge in [-0.2, -0.15) is 0 Å². The molecule has 0 saturated heterocycles. The summed E-state index contributed by atoms with van der Waals surface area (Å²) in [5.74, 6) is 1.58. The Kier molecular flexibility index (Phi) is 3.27. The van der Waals surface area contributed by atoms with E-state index in [1.165, 1.54) is 0 Å². The Morgan fingerprint density at radius 2 is 2.24 bits per heavy atom. The standard InChI is InChI=1S/C12H16N4O/c1-4-13-12-5-11(17-3)10(6-14-12)16-7-9(2)15-8-16/h5-8H,4H2,1-3H3,(H,13,14). The SMILES string of the molecule is CCNc1cc(OC)c(-n2cnc(C)c2)cn1. The van der Waals surface area contributed by atoms with Crippen molar-refractivity contribution < 1.29 is 4.74 Å². The number of imidazole rings is 1. The summed E-state index contributed by atoms with van der Waals surface area (Å²) in [6, 6.07) is 1.88. The lowest BCUT2D eigenvalue weighted by Crippen LogP contribution is -2.02. The Bertz CT molecular complexity index is 507. The van der Waals surface area contributed by atoms with Gasteiger partial charge in [-0.3, -0.25) is 0 Å². The summed E-state index contributed by atoms with van der Waals surface area (Å²) >= 11 is 0. The summed E-state index contributed by atoms with van der Waals surface area (Å²) in [5, 5.41) is 3.15. The fraction of sp³-hybridized carbons (Fsp3) is 0.333. The second kappa shape index (κ2) is 4.86. The average molecular weight is 232 g/mol. The van der Waals surface area contributed by atoms with E-state index in [1.54, 1.807) is 19.6 Å². The smallest absolute Gasteiger partial charge is 0.148 e. The van der Waals surface area contributed by atoms with Gasteiger partial charge in [0.2, 0.25) is 0 Å². The number of nitrogens with one attached hydrogen (secondary N) is 1. The van der Waals surface area contributed by atoms with E-state index in [4.69, 9.17) is 4.74 Å². The number of hydrogen-bond acceptors (Lipinski definition) is 4. The molecule has 0 amide bonds. The Balaban J connectivity index is 2.40. The maximum Gasteiger partial charge on any atom is 0.148 e. The largest absolute Gasteiger partial charge is 0.494 e. The minimum atomic E-state index is 0.772. The van der Waals surface area contributed by atoms with Gasteiger partial charge in [0.25, 0.3) is 0 Å². The first-order chi connectivity index (χ1) is 8.24. The fourth-order valence-corrected chi connectivity index (χ4v) is 1.62. The van der Waals surface area contributed by atoms with Crippen LogP contribution in [0.2, 0.25) is 0 Å². The molecule has 0 aliphatic rings. The highest BCUT2D eigenvalue weighted by Crippen LogP contribution is 2.24. The Morgan fingerprint density at radius 3 is 2.82 bits per heavy atom. The number of methoxy groups -OCH3 is 1. The number of anilines is 1. The van der Waals surface area contributed by atoms with Gasteiger partial charge in [0.05, 0.1) is 25.3 Å². The van der Waals surface area contributed by atoms with Crippen molar-refractivity contribution in [3.8, 4) is 11.4 Å². The van der Waals surface area contributed by atoms with E-state index >= 15 is 0 Å². The molecule has 5 heteroatoms. The zero-order valence-corrected chi connectivity index (χ0v) is 10.3. The maximum atomic E-state index is 5.37. The predicted molar refractivity (Wildman–Crippen MR) is 66.8 cm³/mol. The summed E-state index contributed by atoms with van der Waals surface area (Å²) in [6.07, 6.45) is 5.46. The molecule has 0 spiro atoms. The van der Waals surface area contributed by atoms with Gasteiger partial charge >= 0.3 is 0 Å². The Labute approximate surface area is 100 Å². The highest BCUT2D eigenvalue weighted by Gasteiger charge is 2.07. The molecule has 5 nitrogen and oxygen atoms in total. The first-order valence-corrected chi connectivity index (χ1v) is 5.53. The van der Waals surface area contributed by atoms with Crippen molar-refractivity contribution in [1.29, 1.82) is 0 Å². The molecular formula is C12H16N4O. The first-order valence-electron chi connectivity index (χ1n) is 5.53. The Morgan fingerprint density at radius 1 is 1.41 bits per heavy atom. The molecule has 0 unspecified atom stereocenters. The third kappa shape index (κ3) is 2.38. The van der Waals surface area contributed by atoms with Gasteiger partial charge in [0.15, 0.2) is 0 Å². The monoisotopic (exact) mass is 232 g/mol. The predicted octanol–water partition coefficient (Wildman–Crippen LogP) is 2.02. The molecule has 0 aromatic carbocycles. The molecular weight excluding hydrogens is 216 g/mol. The number of aromatic nitrogens is 3. The highest BCUT2D eigenvalue weighted by molar-refractivity contribution is 5.52. The van der Waals surface area contributed by atoms with Crippen LogP contribution in [0.4, 0.5) is 5.82 Å². The summed E-state index contributed by atoms with van der Waals surface area (Å²) in [6.45, 7) is 4.81. The quantitative estimate of drug-likeness (QED) is 0.876. The van der Waals surface area contributed by atoms with Crippen LogP contribution in [0.1, 0.15) is 12.6 Å². The molecule has 2 aromatic rings. The third-order valence-corrected chi connectivity index (χ3v) is 2.41. The average Bonchev–Trinajstić information content (AvgIpc) is 2.76. The van der Waals surface area contributed by atoms with E-state index in [9.17, 15) is 0 Å². The van der Waals surface area contributed by atoms with Crippen molar-refractivity contribution in [1.82, 2.24) is 14.5 Å². The molecule has 2 aromatic heterocycles. The van der Waals surface area contributed by atoms with Crippen LogP contribution in [-0.2, 0) is 0 Å². The second-order valence-corrected chi connectivity index (χ2v) is 3.69. The topological polar surface area (TPSA) is 52.0 Å². The van der Waals surface area contributed by atoms with Gasteiger partial charge < -0.3 is 14.6 Å². The van der Waals surface area contributed by atoms with Crippen LogP contribution in [0.5, 0.6) is 5.75 Å². The van der Waals surface area contributed by atoms with Gasteiger partial charge in [-0.25, -0.2) is 9.97 Å². The number of hydrogen-bond donors (Lipinski definition) is 1. The highest BCUT2D eigenvalue weighted by atomic mass is 16.5. The van der Waals surface area contributed by atoms with Crippen LogP contribution in [0, 0.1) is 6.92 Å². The van der Waals surface area contributed by atoms with Crippen LogP contribution in [-0.4, -0.2) is 28.2 Å². The molecule has 0 aliphatic carbocycles.